The third-order valence-electron chi connectivity index (χ3n) is 2.18. The van der Waals surface area contributed by atoms with Crippen LogP contribution >= 0.6 is 11.8 Å². The highest BCUT2D eigenvalue weighted by atomic mass is 32.2. The standard InChI is InChI=1S/C11H16N2O2S/c1-13(7-8-16-3)10-9(11(14)15-2)5-4-6-12-10/h4-6H,7-8H2,1-3H3. The van der Waals surface area contributed by atoms with Crippen LogP contribution in [0.3, 0.4) is 0 Å². The molecule has 1 aromatic rings. The molecule has 0 spiro atoms. The maximum atomic E-state index is 11.5. The molecule has 0 saturated carbocycles. The van der Waals surface area contributed by atoms with E-state index in [1.54, 1.807) is 30.1 Å². The monoisotopic (exact) mass is 240 g/mol. The molecule has 0 radical (unpaired) electrons. The molecule has 0 bridgehead atoms. The molecule has 1 aromatic heterocycles. The van der Waals surface area contributed by atoms with E-state index in [4.69, 9.17) is 4.74 Å². The van der Waals surface area contributed by atoms with Crippen molar-refractivity contribution in [2.75, 3.05) is 37.6 Å². The normalized spacial score (nSPS) is 9.94. The molecule has 4 nitrogen and oxygen atoms in total. The molecule has 0 unspecified atom stereocenters. The molecule has 0 saturated heterocycles. The maximum Gasteiger partial charge on any atom is 0.341 e. The quantitative estimate of drug-likeness (QED) is 0.732. The van der Waals surface area contributed by atoms with Crippen LogP contribution in [0.4, 0.5) is 5.82 Å². The molecule has 1 rings (SSSR count). The van der Waals surface area contributed by atoms with Gasteiger partial charge in [-0.2, -0.15) is 11.8 Å². The molecule has 16 heavy (non-hydrogen) atoms. The second kappa shape index (κ2) is 6.37. The fourth-order valence-electron chi connectivity index (χ4n) is 1.30. The molecule has 0 aliphatic heterocycles. The Balaban J connectivity index is 2.89. The van der Waals surface area contributed by atoms with E-state index >= 15 is 0 Å². The van der Waals surface area contributed by atoms with E-state index in [0.29, 0.717) is 11.4 Å². The van der Waals surface area contributed by atoms with Gasteiger partial charge >= 0.3 is 5.97 Å². The van der Waals surface area contributed by atoms with Gasteiger partial charge in [0.05, 0.1) is 7.11 Å². The minimum Gasteiger partial charge on any atom is -0.465 e. The minimum atomic E-state index is -0.348. The van der Waals surface area contributed by atoms with Crippen LogP contribution in [-0.4, -0.2) is 43.7 Å². The van der Waals surface area contributed by atoms with E-state index in [1.807, 2.05) is 18.2 Å². The number of anilines is 1. The summed E-state index contributed by atoms with van der Waals surface area (Å²) in [6.45, 7) is 0.849. The molecule has 0 aromatic carbocycles. The van der Waals surface area contributed by atoms with Crippen molar-refractivity contribution in [2.24, 2.45) is 0 Å². The van der Waals surface area contributed by atoms with Crippen LogP contribution in [-0.2, 0) is 4.74 Å². The summed E-state index contributed by atoms with van der Waals surface area (Å²) < 4.78 is 4.72. The molecule has 0 aliphatic carbocycles. The summed E-state index contributed by atoms with van der Waals surface area (Å²) in [6, 6.07) is 3.46. The zero-order valence-corrected chi connectivity index (χ0v) is 10.6. The summed E-state index contributed by atoms with van der Waals surface area (Å²) >= 11 is 1.76. The van der Waals surface area contributed by atoms with Gasteiger partial charge in [0.15, 0.2) is 0 Å². The molecule has 5 heteroatoms. The van der Waals surface area contributed by atoms with Crippen LogP contribution in [0, 0.1) is 0 Å². The van der Waals surface area contributed by atoms with E-state index in [0.717, 1.165) is 12.3 Å². The number of rotatable bonds is 5. The SMILES string of the molecule is COC(=O)c1cccnc1N(C)CCSC. The van der Waals surface area contributed by atoms with Crippen LogP contribution in [0.15, 0.2) is 18.3 Å². The fourth-order valence-corrected chi connectivity index (χ4v) is 1.76. The molecule has 0 amide bonds. The van der Waals surface area contributed by atoms with E-state index < -0.39 is 0 Å². The predicted octanol–water partition coefficient (Wildman–Crippen LogP) is 1.67. The van der Waals surface area contributed by atoms with E-state index in [-0.39, 0.29) is 5.97 Å². The lowest BCUT2D eigenvalue weighted by Gasteiger charge is -2.19. The first-order valence-electron chi connectivity index (χ1n) is 4.94. The summed E-state index contributed by atoms with van der Waals surface area (Å²) in [5.74, 6) is 1.32. The lowest BCUT2D eigenvalue weighted by Crippen LogP contribution is -2.24. The van der Waals surface area contributed by atoms with E-state index in [9.17, 15) is 4.79 Å². The topological polar surface area (TPSA) is 42.4 Å². The number of methoxy groups -OCH3 is 1. The van der Waals surface area contributed by atoms with Crippen molar-refractivity contribution in [1.82, 2.24) is 4.98 Å². The number of pyridine rings is 1. The summed E-state index contributed by atoms with van der Waals surface area (Å²) in [4.78, 5) is 17.7. The average molecular weight is 240 g/mol. The number of esters is 1. The van der Waals surface area contributed by atoms with Gasteiger partial charge < -0.3 is 9.64 Å². The Morgan fingerprint density at radius 3 is 3.00 bits per heavy atom. The van der Waals surface area contributed by atoms with Gasteiger partial charge in [-0.3, -0.25) is 0 Å². The first kappa shape index (κ1) is 12.8. The molecular weight excluding hydrogens is 224 g/mol. The number of ether oxygens (including phenoxy) is 1. The van der Waals surface area contributed by atoms with Crippen molar-refractivity contribution in [2.45, 2.75) is 0 Å². The summed E-state index contributed by atoms with van der Waals surface area (Å²) in [7, 11) is 3.30. The van der Waals surface area contributed by atoms with Gasteiger partial charge in [-0.15, -0.1) is 0 Å². The highest BCUT2D eigenvalue weighted by Crippen LogP contribution is 2.16. The summed E-state index contributed by atoms with van der Waals surface area (Å²) in [6.07, 6.45) is 3.73. The Bertz CT molecular complexity index is 358. The number of hydrogen-bond acceptors (Lipinski definition) is 5. The molecular formula is C11H16N2O2S. The summed E-state index contributed by atoms with van der Waals surface area (Å²) in [5.41, 5.74) is 0.508. The molecule has 0 N–H and O–H groups in total. The van der Waals surface area contributed by atoms with E-state index in [1.165, 1.54) is 7.11 Å². The Hall–Kier alpha value is -1.23. The van der Waals surface area contributed by atoms with Gasteiger partial charge in [0.1, 0.15) is 11.4 Å². The Morgan fingerprint density at radius 1 is 1.62 bits per heavy atom. The second-order valence-electron chi connectivity index (χ2n) is 3.28. The number of carbonyl (C=O) groups excluding carboxylic acids is 1. The van der Waals surface area contributed by atoms with Crippen molar-refractivity contribution in [3.05, 3.63) is 23.9 Å². The van der Waals surface area contributed by atoms with Crippen molar-refractivity contribution in [3.63, 3.8) is 0 Å². The highest BCUT2D eigenvalue weighted by molar-refractivity contribution is 7.98. The van der Waals surface area contributed by atoms with Crippen molar-refractivity contribution < 1.29 is 9.53 Å². The third kappa shape index (κ3) is 3.13. The molecule has 0 aliphatic rings. The molecule has 0 fully saturated rings. The van der Waals surface area contributed by atoms with Gasteiger partial charge in [-0.05, 0) is 18.4 Å². The lowest BCUT2D eigenvalue weighted by molar-refractivity contribution is 0.0601. The Labute approximate surface area is 100.0 Å². The molecule has 0 atom stereocenters. The molecule has 88 valence electrons. The minimum absolute atomic E-state index is 0.348. The highest BCUT2D eigenvalue weighted by Gasteiger charge is 2.15. The molecule has 1 heterocycles. The average Bonchev–Trinajstić information content (AvgIpc) is 2.35. The van der Waals surface area contributed by atoms with Gasteiger partial charge in [0.25, 0.3) is 0 Å². The van der Waals surface area contributed by atoms with Crippen LogP contribution in [0.2, 0.25) is 0 Å². The number of thioether (sulfide) groups is 1. The fraction of sp³-hybridized carbons (Fsp3) is 0.455. The van der Waals surface area contributed by atoms with Gasteiger partial charge in [0.2, 0.25) is 0 Å². The zero-order valence-electron chi connectivity index (χ0n) is 9.77. The largest absolute Gasteiger partial charge is 0.465 e. The zero-order chi connectivity index (χ0) is 12.0. The van der Waals surface area contributed by atoms with Crippen LogP contribution < -0.4 is 4.90 Å². The number of nitrogens with zero attached hydrogens (tertiary/aromatic N) is 2. The second-order valence-corrected chi connectivity index (χ2v) is 4.27. The Morgan fingerprint density at radius 2 is 2.38 bits per heavy atom. The Kier molecular flexibility index (Phi) is 5.11. The van der Waals surface area contributed by atoms with Crippen molar-refractivity contribution in [3.8, 4) is 0 Å². The van der Waals surface area contributed by atoms with E-state index in [2.05, 4.69) is 4.98 Å². The van der Waals surface area contributed by atoms with Crippen molar-refractivity contribution in [1.29, 1.82) is 0 Å². The third-order valence-corrected chi connectivity index (χ3v) is 2.78. The van der Waals surface area contributed by atoms with Gasteiger partial charge in [0, 0.05) is 25.5 Å². The first-order chi connectivity index (χ1) is 7.70. The van der Waals surface area contributed by atoms with Gasteiger partial charge in [-0.1, -0.05) is 0 Å². The van der Waals surface area contributed by atoms with Crippen LogP contribution in [0.25, 0.3) is 0 Å². The van der Waals surface area contributed by atoms with Crippen molar-refractivity contribution >= 4 is 23.5 Å². The predicted molar refractivity (Wildman–Crippen MR) is 67.2 cm³/mol. The maximum absolute atomic E-state index is 11.5. The first-order valence-corrected chi connectivity index (χ1v) is 6.33. The van der Waals surface area contributed by atoms with Crippen LogP contribution in [0.5, 0.6) is 0 Å². The number of hydrogen-bond donors (Lipinski definition) is 0. The number of aromatic nitrogens is 1. The van der Waals surface area contributed by atoms with Gasteiger partial charge in [-0.25, -0.2) is 9.78 Å². The summed E-state index contributed by atoms with van der Waals surface area (Å²) in [5, 5.41) is 0. The lowest BCUT2D eigenvalue weighted by atomic mass is 10.2. The smallest absolute Gasteiger partial charge is 0.341 e. The van der Waals surface area contributed by atoms with Crippen LogP contribution in [0.1, 0.15) is 10.4 Å². The number of carbonyl (C=O) groups is 1.